The number of ether oxygens (including phenoxy) is 1. The summed E-state index contributed by atoms with van der Waals surface area (Å²) >= 11 is 1.64. The van der Waals surface area contributed by atoms with Crippen molar-refractivity contribution < 1.29 is 9.84 Å². The Hall–Kier alpha value is -0.490. The fourth-order valence-electron chi connectivity index (χ4n) is 1.26. The third kappa shape index (κ3) is 6.73. The average Bonchev–Trinajstić information content (AvgIpc) is 2.60. The number of nitrogens with zero attached hydrogens (tertiary/aromatic N) is 1. The molecule has 1 aromatic rings. The van der Waals surface area contributed by atoms with Gasteiger partial charge in [-0.1, -0.05) is 0 Å². The third-order valence-corrected chi connectivity index (χ3v) is 2.88. The molecule has 0 bridgehead atoms. The molecule has 0 saturated carbocycles. The summed E-state index contributed by atoms with van der Waals surface area (Å²) in [4.78, 5) is 4.34. The van der Waals surface area contributed by atoms with Crippen molar-refractivity contribution in [1.29, 1.82) is 0 Å². The molecule has 5 heteroatoms. The lowest BCUT2D eigenvalue weighted by Crippen LogP contribution is -2.33. The molecule has 0 amide bonds. The van der Waals surface area contributed by atoms with Crippen molar-refractivity contribution in [3.8, 4) is 0 Å². The molecule has 4 nitrogen and oxygen atoms in total. The number of rotatable bonds is 6. The number of nitrogens with one attached hydrogen (secondary N) is 1. The fraction of sp³-hybridized carbons (Fsp3) is 0.750. The molecule has 0 aromatic carbocycles. The van der Waals surface area contributed by atoms with Gasteiger partial charge in [0.15, 0.2) is 0 Å². The van der Waals surface area contributed by atoms with Crippen LogP contribution in [0.1, 0.15) is 31.5 Å². The quantitative estimate of drug-likeness (QED) is 0.816. The molecule has 1 rings (SSSR count). The molecule has 1 heterocycles. The molecular weight excluding hydrogens is 236 g/mol. The number of aromatic nitrogens is 1. The van der Waals surface area contributed by atoms with E-state index < -0.39 is 6.10 Å². The van der Waals surface area contributed by atoms with Gasteiger partial charge in [0.05, 0.1) is 29.0 Å². The summed E-state index contributed by atoms with van der Waals surface area (Å²) in [5, 5.41) is 16.0. The zero-order chi connectivity index (χ0) is 12.9. The van der Waals surface area contributed by atoms with Crippen LogP contribution in [0.5, 0.6) is 0 Å². The average molecular weight is 258 g/mol. The second-order valence-corrected chi connectivity index (χ2v) is 6.13. The molecule has 1 aromatic heterocycles. The Kier molecular flexibility index (Phi) is 5.52. The Balaban J connectivity index is 2.14. The predicted molar refractivity (Wildman–Crippen MR) is 70.3 cm³/mol. The minimum Gasteiger partial charge on any atom is -0.389 e. The number of aryl methyl sites for hydroxylation is 1. The lowest BCUT2D eigenvalue weighted by molar-refractivity contribution is -0.0479. The van der Waals surface area contributed by atoms with Crippen LogP contribution in [0.4, 0.5) is 0 Å². The molecule has 0 fully saturated rings. The van der Waals surface area contributed by atoms with Crippen molar-refractivity contribution in [3.63, 3.8) is 0 Å². The van der Waals surface area contributed by atoms with Crippen molar-refractivity contribution in [1.82, 2.24) is 10.3 Å². The maximum absolute atomic E-state index is 9.69. The lowest BCUT2D eigenvalue weighted by Gasteiger charge is -2.22. The molecule has 2 N–H and O–H groups in total. The topological polar surface area (TPSA) is 54.4 Å². The molecule has 0 aliphatic carbocycles. The van der Waals surface area contributed by atoms with Gasteiger partial charge in [-0.2, -0.15) is 0 Å². The van der Waals surface area contributed by atoms with Crippen LogP contribution in [0.3, 0.4) is 0 Å². The Morgan fingerprint density at radius 3 is 2.76 bits per heavy atom. The molecule has 0 spiro atoms. The predicted octanol–water partition coefficient (Wildman–Crippen LogP) is 1.72. The zero-order valence-electron chi connectivity index (χ0n) is 11.0. The standard InChI is InChI=1S/C12H22N2O2S/c1-9-14-10(8-17-9)5-13-6-11(15)7-16-12(2,3)4/h8,11,13,15H,5-7H2,1-4H3. The highest BCUT2D eigenvalue weighted by Gasteiger charge is 2.13. The molecule has 1 unspecified atom stereocenters. The van der Waals surface area contributed by atoms with Crippen LogP contribution in [0.15, 0.2) is 5.38 Å². The van der Waals surface area contributed by atoms with Gasteiger partial charge in [0, 0.05) is 18.5 Å². The van der Waals surface area contributed by atoms with E-state index in [-0.39, 0.29) is 5.60 Å². The molecule has 0 aliphatic heterocycles. The van der Waals surface area contributed by atoms with Crippen LogP contribution in [0.2, 0.25) is 0 Å². The van der Waals surface area contributed by atoms with Gasteiger partial charge >= 0.3 is 0 Å². The summed E-state index contributed by atoms with van der Waals surface area (Å²) in [7, 11) is 0. The van der Waals surface area contributed by atoms with E-state index in [1.807, 2.05) is 33.1 Å². The van der Waals surface area contributed by atoms with Gasteiger partial charge in [-0.25, -0.2) is 4.98 Å². The molecule has 0 radical (unpaired) electrons. The maximum atomic E-state index is 9.69. The largest absolute Gasteiger partial charge is 0.389 e. The highest BCUT2D eigenvalue weighted by Crippen LogP contribution is 2.08. The zero-order valence-corrected chi connectivity index (χ0v) is 11.8. The van der Waals surface area contributed by atoms with Crippen LogP contribution < -0.4 is 5.32 Å². The summed E-state index contributed by atoms with van der Waals surface area (Å²) in [5.74, 6) is 0. The van der Waals surface area contributed by atoms with E-state index in [4.69, 9.17) is 4.74 Å². The van der Waals surface area contributed by atoms with Gasteiger partial charge < -0.3 is 15.2 Å². The summed E-state index contributed by atoms with van der Waals surface area (Å²) < 4.78 is 5.49. The van der Waals surface area contributed by atoms with Gasteiger partial charge in [-0.05, 0) is 27.7 Å². The van der Waals surface area contributed by atoms with Crippen molar-refractivity contribution in [2.45, 2.75) is 45.9 Å². The normalized spacial score (nSPS) is 13.9. The van der Waals surface area contributed by atoms with Gasteiger partial charge in [-0.15, -0.1) is 11.3 Å². The first-order valence-corrected chi connectivity index (χ1v) is 6.68. The fourth-order valence-corrected chi connectivity index (χ4v) is 1.87. The van der Waals surface area contributed by atoms with Gasteiger partial charge in [-0.3, -0.25) is 0 Å². The molecule has 1 atom stereocenters. The Bertz CT molecular complexity index is 333. The van der Waals surface area contributed by atoms with E-state index in [0.717, 1.165) is 10.7 Å². The van der Waals surface area contributed by atoms with Crippen molar-refractivity contribution in [3.05, 3.63) is 16.1 Å². The number of aliphatic hydroxyl groups is 1. The first-order valence-electron chi connectivity index (χ1n) is 5.80. The van der Waals surface area contributed by atoms with E-state index in [1.165, 1.54) is 0 Å². The van der Waals surface area contributed by atoms with Gasteiger partial charge in [0.1, 0.15) is 0 Å². The monoisotopic (exact) mass is 258 g/mol. The van der Waals surface area contributed by atoms with Crippen LogP contribution in [0.25, 0.3) is 0 Å². The van der Waals surface area contributed by atoms with Crippen LogP contribution in [-0.2, 0) is 11.3 Å². The number of aliphatic hydroxyl groups excluding tert-OH is 1. The van der Waals surface area contributed by atoms with E-state index in [1.54, 1.807) is 11.3 Å². The summed E-state index contributed by atoms with van der Waals surface area (Å²) in [6.45, 7) is 9.48. The molecule has 0 aliphatic rings. The van der Waals surface area contributed by atoms with Gasteiger partial charge in [0.2, 0.25) is 0 Å². The number of hydrogen-bond acceptors (Lipinski definition) is 5. The first kappa shape index (κ1) is 14.6. The first-order chi connectivity index (χ1) is 7.87. The van der Waals surface area contributed by atoms with Crippen molar-refractivity contribution in [2.24, 2.45) is 0 Å². The summed E-state index contributed by atoms with van der Waals surface area (Å²) in [6, 6.07) is 0. The smallest absolute Gasteiger partial charge is 0.0898 e. The van der Waals surface area contributed by atoms with Gasteiger partial charge in [0.25, 0.3) is 0 Å². The molecular formula is C12H22N2O2S. The van der Waals surface area contributed by atoms with Crippen molar-refractivity contribution >= 4 is 11.3 Å². The van der Waals surface area contributed by atoms with E-state index in [9.17, 15) is 5.11 Å². The minimum atomic E-state index is -0.478. The molecule has 17 heavy (non-hydrogen) atoms. The Morgan fingerprint density at radius 1 is 1.53 bits per heavy atom. The molecule has 98 valence electrons. The van der Waals surface area contributed by atoms with E-state index in [2.05, 4.69) is 10.3 Å². The van der Waals surface area contributed by atoms with E-state index in [0.29, 0.717) is 19.7 Å². The lowest BCUT2D eigenvalue weighted by atomic mass is 10.2. The minimum absolute atomic E-state index is 0.201. The van der Waals surface area contributed by atoms with Crippen LogP contribution >= 0.6 is 11.3 Å². The van der Waals surface area contributed by atoms with E-state index >= 15 is 0 Å². The second-order valence-electron chi connectivity index (χ2n) is 5.07. The van der Waals surface area contributed by atoms with Crippen molar-refractivity contribution in [2.75, 3.05) is 13.2 Å². The highest BCUT2D eigenvalue weighted by atomic mass is 32.1. The van der Waals surface area contributed by atoms with Crippen LogP contribution in [-0.4, -0.2) is 34.9 Å². The third-order valence-electron chi connectivity index (χ3n) is 2.06. The van der Waals surface area contributed by atoms with Crippen LogP contribution in [0, 0.1) is 6.92 Å². The Morgan fingerprint density at radius 2 is 2.24 bits per heavy atom. The number of hydrogen-bond donors (Lipinski definition) is 2. The summed E-state index contributed by atoms with van der Waals surface area (Å²) in [5.41, 5.74) is 0.823. The number of thiazole rings is 1. The Labute approximate surface area is 107 Å². The second kappa shape index (κ2) is 6.44. The molecule has 0 saturated heterocycles. The summed E-state index contributed by atoms with van der Waals surface area (Å²) in [6.07, 6.45) is -0.478. The maximum Gasteiger partial charge on any atom is 0.0898 e. The highest BCUT2D eigenvalue weighted by molar-refractivity contribution is 7.09. The SMILES string of the molecule is Cc1nc(CNCC(O)COC(C)(C)C)cs1.